The van der Waals surface area contributed by atoms with Crippen LogP contribution in [-0.2, 0) is 14.6 Å². The van der Waals surface area contributed by atoms with Crippen LogP contribution in [0.15, 0.2) is 9.98 Å². The van der Waals surface area contributed by atoms with Crippen molar-refractivity contribution in [1.82, 2.24) is 4.98 Å². The van der Waals surface area contributed by atoms with E-state index in [-0.39, 0.29) is 5.75 Å². The van der Waals surface area contributed by atoms with Gasteiger partial charge in [0.15, 0.2) is 15.0 Å². The lowest BCUT2D eigenvalue weighted by Gasteiger charge is -2.20. The number of carbonyl (C=O) groups is 1. The molecule has 0 spiro atoms. The van der Waals surface area contributed by atoms with Crippen LogP contribution in [0.2, 0.25) is 0 Å². The van der Waals surface area contributed by atoms with E-state index >= 15 is 0 Å². The summed E-state index contributed by atoms with van der Waals surface area (Å²) in [6.45, 7) is 0. The molecule has 0 aliphatic carbocycles. The number of aromatic nitrogens is 1. The van der Waals surface area contributed by atoms with Crippen LogP contribution in [0, 0.1) is 0 Å². The highest BCUT2D eigenvalue weighted by Crippen LogP contribution is 2.25. The molecule has 1 saturated heterocycles. The highest BCUT2D eigenvalue weighted by molar-refractivity contribution is 9.11. The Kier molecular flexibility index (Phi) is 3.84. The standard InChI is InChI=1S/C9H11BrN2O3S2/c10-7-5-11-9(16-7)12-8(13)6-3-1-2-4-17(6,14)15/h5-6H,1-4H2,(H,11,12,13). The first-order valence-corrected chi connectivity index (χ1v) is 8.45. The summed E-state index contributed by atoms with van der Waals surface area (Å²) in [7, 11) is -3.28. The zero-order valence-electron chi connectivity index (χ0n) is 8.85. The first-order chi connectivity index (χ1) is 7.99. The van der Waals surface area contributed by atoms with Gasteiger partial charge in [0, 0.05) is 0 Å². The summed E-state index contributed by atoms with van der Waals surface area (Å²) in [5, 5.41) is 2.05. The zero-order chi connectivity index (χ0) is 12.5. The van der Waals surface area contributed by atoms with Gasteiger partial charge in [0.2, 0.25) is 5.91 Å². The quantitative estimate of drug-likeness (QED) is 0.892. The highest BCUT2D eigenvalue weighted by Gasteiger charge is 2.35. The van der Waals surface area contributed by atoms with Gasteiger partial charge in [0.25, 0.3) is 0 Å². The molecule has 1 unspecified atom stereocenters. The van der Waals surface area contributed by atoms with E-state index in [1.807, 2.05) is 0 Å². The minimum Gasteiger partial charge on any atom is -0.301 e. The van der Waals surface area contributed by atoms with Crippen molar-refractivity contribution < 1.29 is 13.2 Å². The lowest BCUT2D eigenvalue weighted by atomic mass is 10.2. The number of sulfone groups is 1. The molecule has 1 aromatic rings. The second kappa shape index (κ2) is 5.03. The van der Waals surface area contributed by atoms with Crippen LogP contribution in [0.4, 0.5) is 5.13 Å². The fourth-order valence-electron chi connectivity index (χ4n) is 1.75. The third-order valence-electron chi connectivity index (χ3n) is 2.58. The Balaban J connectivity index is 2.09. The van der Waals surface area contributed by atoms with Gasteiger partial charge in [-0.2, -0.15) is 0 Å². The van der Waals surface area contributed by atoms with E-state index in [0.29, 0.717) is 18.0 Å². The maximum absolute atomic E-state index is 11.9. The summed E-state index contributed by atoms with van der Waals surface area (Å²) in [6, 6.07) is 0. The van der Waals surface area contributed by atoms with Crippen molar-refractivity contribution in [2.75, 3.05) is 11.1 Å². The maximum atomic E-state index is 11.9. The number of nitrogens with zero attached hydrogens (tertiary/aromatic N) is 1. The van der Waals surface area contributed by atoms with Gasteiger partial charge >= 0.3 is 0 Å². The van der Waals surface area contributed by atoms with Crippen LogP contribution < -0.4 is 5.32 Å². The predicted molar refractivity (Wildman–Crippen MR) is 69.9 cm³/mol. The second-order valence-electron chi connectivity index (χ2n) is 3.81. The van der Waals surface area contributed by atoms with Crippen molar-refractivity contribution >= 4 is 48.1 Å². The molecule has 94 valence electrons. The van der Waals surface area contributed by atoms with Crippen molar-refractivity contribution in [3.8, 4) is 0 Å². The van der Waals surface area contributed by atoms with Crippen molar-refractivity contribution in [2.24, 2.45) is 0 Å². The summed E-state index contributed by atoms with van der Waals surface area (Å²) >= 11 is 4.49. The molecule has 8 heteroatoms. The Morgan fingerprint density at radius 3 is 2.88 bits per heavy atom. The van der Waals surface area contributed by atoms with Crippen molar-refractivity contribution in [3.05, 3.63) is 9.98 Å². The molecule has 1 fully saturated rings. The number of rotatable bonds is 2. The minimum atomic E-state index is -3.28. The largest absolute Gasteiger partial charge is 0.301 e. The van der Waals surface area contributed by atoms with Gasteiger partial charge in [-0.25, -0.2) is 13.4 Å². The van der Waals surface area contributed by atoms with Gasteiger partial charge in [0.05, 0.1) is 15.7 Å². The van der Waals surface area contributed by atoms with Crippen molar-refractivity contribution in [3.63, 3.8) is 0 Å². The number of hydrogen-bond acceptors (Lipinski definition) is 5. The van der Waals surface area contributed by atoms with Gasteiger partial charge in [0.1, 0.15) is 5.25 Å². The molecule has 2 heterocycles. The SMILES string of the molecule is O=C(Nc1ncc(Br)s1)C1CCCCS1(=O)=O. The molecule has 1 amide bonds. The van der Waals surface area contributed by atoms with Gasteiger partial charge in [-0.05, 0) is 28.8 Å². The number of hydrogen-bond donors (Lipinski definition) is 1. The highest BCUT2D eigenvalue weighted by atomic mass is 79.9. The fourth-order valence-corrected chi connectivity index (χ4v) is 4.66. The number of nitrogens with one attached hydrogen (secondary N) is 1. The first kappa shape index (κ1) is 13.0. The number of carbonyl (C=O) groups excluding carboxylic acids is 1. The van der Waals surface area contributed by atoms with E-state index in [0.717, 1.165) is 10.2 Å². The first-order valence-electron chi connectivity index (χ1n) is 5.13. The van der Waals surface area contributed by atoms with E-state index in [2.05, 4.69) is 26.2 Å². The van der Waals surface area contributed by atoms with Crippen LogP contribution in [0.5, 0.6) is 0 Å². The van der Waals surface area contributed by atoms with Gasteiger partial charge < -0.3 is 5.32 Å². The molecule has 0 saturated carbocycles. The predicted octanol–water partition coefficient (Wildman–Crippen LogP) is 1.81. The van der Waals surface area contributed by atoms with Gasteiger partial charge in [-0.1, -0.05) is 17.8 Å². The Morgan fingerprint density at radius 2 is 2.29 bits per heavy atom. The van der Waals surface area contributed by atoms with Crippen LogP contribution in [0.3, 0.4) is 0 Å². The van der Waals surface area contributed by atoms with Crippen LogP contribution in [0.1, 0.15) is 19.3 Å². The molecule has 2 rings (SSSR count). The topological polar surface area (TPSA) is 76.1 Å². The summed E-state index contributed by atoms with van der Waals surface area (Å²) in [5.41, 5.74) is 0. The molecule has 0 bridgehead atoms. The fraction of sp³-hybridized carbons (Fsp3) is 0.556. The second-order valence-corrected chi connectivity index (χ2v) is 8.52. The van der Waals surface area contributed by atoms with Crippen LogP contribution in [0.25, 0.3) is 0 Å². The van der Waals surface area contributed by atoms with E-state index in [9.17, 15) is 13.2 Å². The van der Waals surface area contributed by atoms with Crippen molar-refractivity contribution in [1.29, 1.82) is 0 Å². The number of halogens is 1. The average molecular weight is 339 g/mol. The van der Waals surface area contributed by atoms with Gasteiger partial charge in [-0.3, -0.25) is 4.79 Å². The van der Waals surface area contributed by atoms with Crippen LogP contribution >= 0.6 is 27.3 Å². The molecule has 17 heavy (non-hydrogen) atoms. The van der Waals surface area contributed by atoms with E-state index < -0.39 is 21.0 Å². The molecule has 1 aromatic heterocycles. The zero-order valence-corrected chi connectivity index (χ0v) is 12.1. The average Bonchev–Trinajstić information content (AvgIpc) is 2.63. The smallest absolute Gasteiger partial charge is 0.244 e. The summed E-state index contributed by atoms with van der Waals surface area (Å²) in [4.78, 5) is 15.8. The Morgan fingerprint density at radius 1 is 1.53 bits per heavy atom. The van der Waals surface area contributed by atoms with Gasteiger partial charge in [-0.15, -0.1) is 0 Å². The Labute approximate surface area is 112 Å². The molecule has 1 aliphatic heterocycles. The van der Waals surface area contributed by atoms with E-state index in [4.69, 9.17) is 0 Å². The number of thiazole rings is 1. The summed E-state index contributed by atoms with van der Waals surface area (Å²) in [6.07, 6.45) is 3.39. The minimum absolute atomic E-state index is 0.104. The van der Waals surface area contributed by atoms with E-state index in [1.54, 1.807) is 6.20 Å². The number of amides is 1. The lowest BCUT2D eigenvalue weighted by molar-refractivity contribution is -0.116. The molecule has 0 aromatic carbocycles. The molecular weight excluding hydrogens is 328 g/mol. The molecule has 5 nitrogen and oxygen atoms in total. The third kappa shape index (κ3) is 3.05. The normalized spacial score (nSPS) is 23.2. The van der Waals surface area contributed by atoms with Crippen LogP contribution in [-0.4, -0.2) is 30.3 Å². The summed E-state index contributed by atoms with van der Waals surface area (Å²) in [5.74, 6) is -0.362. The van der Waals surface area contributed by atoms with Crippen molar-refractivity contribution in [2.45, 2.75) is 24.5 Å². The van der Waals surface area contributed by atoms with E-state index in [1.165, 1.54) is 11.3 Å². The monoisotopic (exact) mass is 338 g/mol. The molecule has 0 radical (unpaired) electrons. The Hall–Kier alpha value is -0.470. The molecular formula is C9H11BrN2O3S2. The molecule has 1 atom stereocenters. The third-order valence-corrected chi connectivity index (χ3v) is 6.14. The number of anilines is 1. The molecule has 1 aliphatic rings. The molecule has 1 N–H and O–H groups in total. The maximum Gasteiger partial charge on any atom is 0.244 e. The Bertz CT molecular complexity index is 526. The summed E-state index contributed by atoms with van der Waals surface area (Å²) < 4.78 is 24.3. The lowest BCUT2D eigenvalue weighted by Crippen LogP contribution is -2.39.